The minimum atomic E-state index is -3.51. The van der Waals surface area contributed by atoms with Crippen LogP contribution in [0.5, 0.6) is 0 Å². The molecule has 30 heteroatoms. The number of alkyl halides is 4. The molecule has 0 bridgehead atoms. The number of rotatable bonds is 22. The number of halogens is 10. The Kier molecular flexibility index (Phi) is 26.2. The quantitative estimate of drug-likeness (QED) is 0.0286. The third-order valence-corrected chi connectivity index (χ3v) is 12.4. The first-order valence-electron chi connectivity index (χ1n) is 23.1. The van der Waals surface area contributed by atoms with Crippen LogP contribution in [0, 0.1) is 23.3 Å². The molecule has 2 heterocycles. The molecule has 6 rings (SSSR count). The summed E-state index contributed by atoms with van der Waals surface area (Å²) in [5.74, 6) is -10.4. The van der Waals surface area contributed by atoms with E-state index in [1.54, 1.807) is 0 Å². The van der Waals surface area contributed by atoms with Crippen molar-refractivity contribution < 1.29 is 63.8 Å². The molecule has 0 fully saturated rings. The predicted octanol–water partition coefficient (Wildman–Crippen LogP) is 13.2. The Balaban J connectivity index is 0.000000410. The number of hydrogen-bond donors (Lipinski definition) is 2. The molecule has 2 aromatic heterocycles. The molecule has 0 spiro atoms. The Bertz CT molecular complexity index is 3030. The van der Waals surface area contributed by atoms with Crippen molar-refractivity contribution in [2.24, 2.45) is 10.2 Å². The first kappa shape index (κ1) is 66.8. The van der Waals surface area contributed by atoms with Crippen molar-refractivity contribution in [1.29, 1.82) is 0 Å². The molecule has 2 N–H and O–H groups in total. The standard InChI is InChI=1S/2C25H23ClF4N6O3.2H2S/c2*1-36(22(37)8-6-15-3-2-4-20(28)23(15)26)19(11-25(29,30)14-33-35-31)13-39-24(38)34-21-10-17-9-18(27)7-5-16(17)12-32-21;;/h2*2-5,7,9-10,12,19H,6,8,11,13-14H2,1H3,(H,32,34,38);2*1H2/t2*19-;;/m00../s1. The van der Waals surface area contributed by atoms with E-state index in [2.05, 4.69) is 40.7 Å². The Labute approximate surface area is 475 Å². The van der Waals surface area contributed by atoms with Crippen molar-refractivity contribution >= 4 is 107 Å². The molecule has 0 aliphatic rings. The van der Waals surface area contributed by atoms with Crippen molar-refractivity contribution in [2.45, 2.75) is 62.5 Å². The second kappa shape index (κ2) is 31.3. The van der Waals surface area contributed by atoms with Gasteiger partial charge in [-0.15, -0.1) is 0 Å². The minimum Gasteiger partial charge on any atom is -0.447 e. The molecule has 0 saturated carbocycles. The highest BCUT2D eigenvalue weighted by Crippen LogP contribution is 2.28. The molecule has 80 heavy (non-hydrogen) atoms. The number of nitrogens with zero attached hydrogens (tertiary/aromatic N) is 10. The number of benzene rings is 4. The van der Waals surface area contributed by atoms with Crippen LogP contribution in [0.4, 0.5) is 56.3 Å². The normalized spacial score (nSPS) is 11.7. The molecule has 6 aromatic rings. The molecule has 4 aromatic carbocycles. The Morgan fingerprint density at radius 3 is 1.35 bits per heavy atom. The molecule has 4 amide bonds. The first-order valence-corrected chi connectivity index (χ1v) is 23.9. The minimum absolute atomic E-state index is 0. The highest BCUT2D eigenvalue weighted by molar-refractivity contribution is 7.59. The van der Waals surface area contributed by atoms with Crippen LogP contribution in [-0.4, -0.2) is 108 Å². The largest absolute Gasteiger partial charge is 0.447 e. The lowest BCUT2D eigenvalue weighted by Crippen LogP contribution is -2.45. The van der Waals surface area contributed by atoms with Crippen LogP contribution in [0.1, 0.15) is 36.8 Å². The number of likely N-dealkylation sites (N-methyl/N-ethyl adjacent to an activating group) is 2. The van der Waals surface area contributed by atoms with Crippen LogP contribution in [-0.2, 0) is 31.9 Å². The molecule has 428 valence electrons. The van der Waals surface area contributed by atoms with Crippen molar-refractivity contribution in [3.05, 3.63) is 163 Å². The number of carbonyl (C=O) groups excluding carboxylic acids is 4. The summed E-state index contributed by atoms with van der Waals surface area (Å²) >= 11 is 11.8. The lowest BCUT2D eigenvalue weighted by atomic mass is 10.1. The lowest BCUT2D eigenvalue weighted by molar-refractivity contribution is -0.135. The van der Waals surface area contributed by atoms with Gasteiger partial charge in [-0.1, -0.05) is 57.7 Å². The van der Waals surface area contributed by atoms with E-state index in [9.17, 15) is 54.3 Å². The maximum Gasteiger partial charge on any atom is 0.412 e. The SMILES string of the molecule is CN(C(=O)CCc1cccc(F)c1Cl)[C@H](COC(=O)Nc1cc2cc(F)ccc2cn1)CC(F)(F)CN=[N+]=[N-].CN(C(=O)CCc1cccc(F)c1Cl)[C@H](COC(=O)Nc1cc2cc(F)ccc2cn1)CC(F)(F)CN=[N+]=[N-].S.S. The predicted molar refractivity (Wildman–Crippen MR) is 294 cm³/mol. The van der Waals surface area contributed by atoms with E-state index in [0.717, 1.165) is 21.9 Å². The van der Waals surface area contributed by atoms with Crippen molar-refractivity contribution in [3.8, 4) is 0 Å². The summed E-state index contributed by atoms with van der Waals surface area (Å²) < 4.78 is 122. The Morgan fingerprint density at radius 2 is 0.988 bits per heavy atom. The number of pyridine rings is 2. The molecule has 0 radical (unpaired) electrons. The number of amides is 4. The fraction of sp³-hybridized carbons (Fsp3) is 0.320. The zero-order valence-electron chi connectivity index (χ0n) is 42.2. The van der Waals surface area contributed by atoms with Gasteiger partial charge in [0.1, 0.15) is 48.1 Å². The number of aryl methyl sites for hydroxylation is 2. The molecule has 2 atom stereocenters. The van der Waals surface area contributed by atoms with Crippen LogP contribution >= 0.6 is 50.2 Å². The molecular weight excluding hydrogens is 1150 g/mol. The fourth-order valence-electron chi connectivity index (χ4n) is 7.42. The van der Waals surface area contributed by atoms with Gasteiger partial charge in [-0.25, -0.2) is 54.7 Å². The van der Waals surface area contributed by atoms with Crippen LogP contribution in [0.15, 0.2) is 108 Å². The highest BCUT2D eigenvalue weighted by Gasteiger charge is 2.37. The molecule has 0 unspecified atom stereocenters. The molecule has 18 nitrogen and oxygen atoms in total. The number of aromatic nitrogens is 2. The summed E-state index contributed by atoms with van der Waals surface area (Å²) in [6, 6.07) is 16.5. The summed E-state index contributed by atoms with van der Waals surface area (Å²) in [5, 5.41) is 12.3. The smallest absolute Gasteiger partial charge is 0.412 e. The number of nitrogens with one attached hydrogen (secondary N) is 2. The van der Waals surface area contributed by atoms with Gasteiger partial charge in [0.2, 0.25) is 11.8 Å². The Morgan fingerprint density at radius 1 is 0.613 bits per heavy atom. The zero-order chi connectivity index (χ0) is 57.2. The van der Waals surface area contributed by atoms with Gasteiger partial charge in [0, 0.05) is 72.8 Å². The van der Waals surface area contributed by atoms with Gasteiger partial charge in [0.25, 0.3) is 11.8 Å². The van der Waals surface area contributed by atoms with E-state index in [0.29, 0.717) is 32.7 Å². The van der Waals surface area contributed by atoms with Crippen molar-refractivity contribution in [2.75, 3.05) is 51.0 Å². The number of anilines is 2. The zero-order valence-corrected chi connectivity index (χ0v) is 45.7. The van der Waals surface area contributed by atoms with E-state index in [4.69, 9.17) is 43.7 Å². The Hall–Kier alpha value is -7.48. The first-order chi connectivity index (χ1) is 37.0. The maximum atomic E-state index is 14.4. The van der Waals surface area contributed by atoms with E-state index in [1.165, 1.54) is 99.3 Å². The summed E-state index contributed by atoms with van der Waals surface area (Å²) in [5.41, 5.74) is 17.5. The van der Waals surface area contributed by atoms with Crippen molar-refractivity contribution in [1.82, 2.24) is 19.8 Å². The maximum absolute atomic E-state index is 14.4. The highest BCUT2D eigenvalue weighted by atomic mass is 35.5. The van der Waals surface area contributed by atoms with Gasteiger partial charge in [-0.3, -0.25) is 20.2 Å². The van der Waals surface area contributed by atoms with Crippen LogP contribution < -0.4 is 10.6 Å². The number of azide groups is 2. The van der Waals surface area contributed by atoms with Gasteiger partial charge >= 0.3 is 12.2 Å². The summed E-state index contributed by atoms with van der Waals surface area (Å²) in [6.07, 6.45) is -1.55. The van der Waals surface area contributed by atoms with Gasteiger partial charge in [-0.05, 0) is 106 Å². The van der Waals surface area contributed by atoms with Gasteiger partial charge in [0.15, 0.2) is 0 Å². The lowest BCUT2D eigenvalue weighted by Gasteiger charge is -2.30. The van der Waals surface area contributed by atoms with Crippen molar-refractivity contribution in [3.63, 3.8) is 0 Å². The second-order valence-electron chi connectivity index (χ2n) is 17.2. The fourth-order valence-corrected chi connectivity index (χ4v) is 7.86. The number of carbonyl (C=O) groups is 4. The van der Waals surface area contributed by atoms with Gasteiger partial charge in [-0.2, -0.15) is 27.0 Å². The summed E-state index contributed by atoms with van der Waals surface area (Å²) in [4.78, 5) is 65.0. The number of hydrogen-bond acceptors (Lipinski definition) is 10. The average molecular weight is 1200 g/mol. The number of fused-ring (bicyclic) bond motifs is 2. The number of ether oxygens (including phenoxy) is 2. The van der Waals surface area contributed by atoms with Crippen LogP contribution in [0.3, 0.4) is 0 Å². The average Bonchev–Trinajstić information content (AvgIpc) is 3.40. The molecular formula is C50H50Cl2F8N12O6S2. The monoisotopic (exact) mass is 1200 g/mol. The van der Waals surface area contributed by atoms with Crippen LogP contribution in [0.25, 0.3) is 42.4 Å². The van der Waals surface area contributed by atoms with E-state index in [-0.39, 0.29) is 74.4 Å². The molecule has 0 saturated heterocycles. The summed E-state index contributed by atoms with van der Waals surface area (Å²) in [6.45, 7) is -3.60. The van der Waals surface area contributed by atoms with E-state index < -0.39 is 110 Å². The molecule has 0 aliphatic heterocycles. The topological polar surface area (TPSA) is 241 Å². The van der Waals surface area contributed by atoms with Gasteiger partial charge < -0.3 is 19.3 Å². The van der Waals surface area contributed by atoms with Crippen LogP contribution in [0.2, 0.25) is 10.0 Å². The third kappa shape index (κ3) is 20.6. The summed E-state index contributed by atoms with van der Waals surface area (Å²) in [7, 11) is 2.51. The van der Waals surface area contributed by atoms with Gasteiger partial charge in [0.05, 0.1) is 35.2 Å². The van der Waals surface area contributed by atoms with E-state index >= 15 is 0 Å². The third-order valence-electron chi connectivity index (χ3n) is 11.6. The van der Waals surface area contributed by atoms with E-state index in [1.807, 2.05) is 0 Å². The molecule has 0 aliphatic carbocycles. The second-order valence-corrected chi connectivity index (χ2v) is 18.0.